The van der Waals surface area contributed by atoms with Crippen LogP contribution in [0.25, 0.3) is 10.8 Å². The summed E-state index contributed by atoms with van der Waals surface area (Å²) in [5, 5.41) is 2.21. The highest BCUT2D eigenvalue weighted by Crippen LogP contribution is 2.28. The molecule has 1 aliphatic rings. The van der Waals surface area contributed by atoms with E-state index in [2.05, 4.69) is 0 Å². The van der Waals surface area contributed by atoms with Crippen molar-refractivity contribution in [3.05, 3.63) is 42.5 Å². The molecule has 1 atom stereocenters. The lowest BCUT2D eigenvalue weighted by Gasteiger charge is -2.17. The van der Waals surface area contributed by atoms with Gasteiger partial charge in [0.05, 0.1) is 13.0 Å². The lowest BCUT2D eigenvalue weighted by Crippen LogP contribution is -2.26. The van der Waals surface area contributed by atoms with Crippen LogP contribution in [0.15, 0.2) is 42.5 Å². The Hall–Kier alpha value is -2.36. The number of anilines is 1. The molecule has 1 fully saturated rings. The van der Waals surface area contributed by atoms with E-state index < -0.39 is 0 Å². The zero-order chi connectivity index (χ0) is 14.1. The maximum atomic E-state index is 12.1. The number of fused-ring (bicyclic) bond motifs is 1. The molecule has 0 bridgehead atoms. The molecule has 3 rings (SSSR count). The van der Waals surface area contributed by atoms with Gasteiger partial charge in [0.2, 0.25) is 5.91 Å². The van der Waals surface area contributed by atoms with Gasteiger partial charge in [0.15, 0.2) is 0 Å². The maximum absolute atomic E-state index is 12.1. The van der Waals surface area contributed by atoms with Crippen LogP contribution in [0.4, 0.5) is 5.69 Å². The summed E-state index contributed by atoms with van der Waals surface area (Å²) in [6.45, 7) is 0.393. The van der Waals surface area contributed by atoms with Crippen molar-refractivity contribution in [2.24, 2.45) is 5.92 Å². The van der Waals surface area contributed by atoms with Gasteiger partial charge in [-0.15, -0.1) is 0 Å². The molecule has 0 saturated carbocycles. The Morgan fingerprint density at radius 1 is 1.20 bits per heavy atom. The minimum absolute atomic E-state index is 0.0318. The fourth-order valence-corrected chi connectivity index (χ4v) is 2.63. The van der Waals surface area contributed by atoms with Gasteiger partial charge >= 0.3 is 5.97 Å². The number of carbonyl (C=O) groups is 2. The molecule has 1 unspecified atom stereocenters. The minimum atomic E-state index is -0.362. The molecule has 1 heterocycles. The molecule has 0 aromatic heterocycles. The number of hydrogen-bond donors (Lipinski definition) is 0. The Morgan fingerprint density at radius 2 is 1.95 bits per heavy atom. The van der Waals surface area contributed by atoms with E-state index in [1.165, 1.54) is 7.11 Å². The van der Waals surface area contributed by atoms with Crippen LogP contribution in [-0.2, 0) is 14.3 Å². The number of esters is 1. The summed E-state index contributed by atoms with van der Waals surface area (Å²) in [6, 6.07) is 13.9. The Balaban J connectivity index is 1.91. The first-order valence-electron chi connectivity index (χ1n) is 6.56. The number of methoxy groups -OCH3 is 1. The number of benzene rings is 2. The summed E-state index contributed by atoms with van der Waals surface area (Å²) in [7, 11) is 1.35. The number of carbonyl (C=O) groups excluding carboxylic acids is 2. The van der Waals surface area contributed by atoms with Gasteiger partial charge in [-0.2, -0.15) is 0 Å². The van der Waals surface area contributed by atoms with E-state index in [0.29, 0.717) is 6.54 Å². The van der Waals surface area contributed by atoms with Crippen molar-refractivity contribution in [1.29, 1.82) is 0 Å². The van der Waals surface area contributed by atoms with Gasteiger partial charge < -0.3 is 9.64 Å². The van der Waals surface area contributed by atoms with Gasteiger partial charge in [-0.1, -0.05) is 30.3 Å². The average Bonchev–Trinajstić information content (AvgIpc) is 2.88. The molecule has 1 amide bonds. The second kappa shape index (κ2) is 4.96. The normalized spacial score (nSPS) is 18.6. The van der Waals surface area contributed by atoms with Gasteiger partial charge in [-0.3, -0.25) is 9.59 Å². The highest BCUT2D eigenvalue weighted by atomic mass is 16.5. The first kappa shape index (κ1) is 12.7. The Morgan fingerprint density at radius 3 is 2.70 bits per heavy atom. The molecule has 2 aromatic carbocycles. The molecule has 2 aromatic rings. The predicted octanol–water partition coefficient (Wildman–Crippen LogP) is 2.37. The van der Waals surface area contributed by atoms with E-state index in [-0.39, 0.29) is 24.2 Å². The summed E-state index contributed by atoms with van der Waals surface area (Å²) >= 11 is 0. The van der Waals surface area contributed by atoms with E-state index in [9.17, 15) is 9.59 Å². The summed E-state index contributed by atoms with van der Waals surface area (Å²) in [5.41, 5.74) is 0.833. The third-order valence-corrected chi connectivity index (χ3v) is 3.70. The standard InChI is InChI=1S/C16H15NO3/c1-20-16(19)13-9-15(18)17(10-13)14-7-6-11-4-2-3-5-12(11)8-14/h2-8,13H,9-10H2,1H3. The number of nitrogens with zero attached hydrogens (tertiary/aromatic N) is 1. The molecule has 1 saturated heterocycles. The smallest absolute Gasteiger partial charge is 0.311 e. The third-order valence-electron chi connectivity index (χ3n) is 3.70. The highest BCUT2D eigenvalue weighted by molar-refractivity contribution is 6.01. The summed E-state index contributed by atoms with van der Waals surface area (Å²) in [4.78, 5) is 25.3. The van der Waals surface area contributed by atoms with Crippen LogP contribution >= 0.6 is 0 Å². The summed E-state index contributed by atoms with van der Waals surface area (Å²) < 4.78 is 4.72. The first-order valence-corrected chi connectivity index (χ1v) is 6.56. The van der Waals surface area contributed by atoms with Crippen LogP contribution in [0.5, 0.6) is 0 Å². The van der Waals surface area contributed by atoms with Crippen LogP contribution in [0.3, 0.4) is 0 Å². The number of ether oxygens (including phenoxy) is 1. The largest absolute Gasteiger partial charge is 0.469 e. The van der Waals surface area contributed by atoms with Crippen LogP contribution in [0.2, 0.25) is 0 Å². The van der Waals surface area contributed by atoms with Crippen LogP contribution in [0.1, 0.15) is 6.42 Å². The van der Waals surface area contributed by atoms with Crippen molar-refractivity contribution in [3.63, 3.8) is 0 Å². The van der Waals surface area contributed by atoms with Crippen LogP contribution in [0, 0.1) is 5.92 Å². The van der Waals surface area contributed by atoms with Gasteiger partial charge in [-0.05, 0) is 22.9 Å². The minimum Gasteiger partial charge on any atom is -0.469 e. The molecular weight excluding hydrogens is 254 g/mol. The third kappa shape index (κ3) is 2.13. The molecule has 102 valence electrons. The second-order valence-electron chi connectivity index (χ2n) is 4.96. The van der Waals surface area contributed by atoms with Crippen molar-refractivity contribution >= 4 is 28.3 Å². The summed E-state index contributed by atoms with van der Waals surface area (Å²) in [6.07, 6.45) is 0.222. The Bertz CT molecular complexity index is 680. The van der Waals surface area contributed by atoms with Gasteiger partial charge in [0.25, 0.3) is 0 Å². The second-order valence-corrected chi connectivity index (χ2v) is 4.96. The average molecular weight is 269 g/mol. The molecule has 0 radical (unpaired) electrons. The van der Waals surface area contributed by atoms with Crippen molar-refractivity contribution in [2.45, 2.75) is 6.42 Å². The molecule has 4 nitrogen and oxygen atoms in total. The zero-order valence-electron chi connectivity index (χ0n) is 11.2. The molecule has 0 aliphatic carbocycles. The molecule has 20 heavy (non-hydrogen) atoms. The molecule has 1 aliphatic heterocycles. The van der Waals surface area contributed by atoms with E-state index in [0.717, 1.165) is 16.5 Å². The van der Waals surface area contributed by atoms with Gasteiger partial charge in [0, 0.05) is 18.7 Å². The van der Waals surface area contributed by atoms with Crippen LogP contribution in [-0.4, -0.2) is 25.5 Å². The van der Waals surface area contributed by atoms with Gasteiger partial charge in [0.1, 0.15) is 0 Å². The fourth-order valence-electron chi connectivity index (χ4n) is 2.63. The van der Waals surface area contributed by atoms with Crippen molar-refractivity contribution < 1.29 is 14.3 Å². The van der Waals surface area contributed by atoms with E-state index >= 15 is 0 Å². The van der Waals surface area contributed by atoms with Crippen molar-refractivity contribution in [3.8, 4) is 0 Å². The lowest BCUT2D eigenvalue weighted by atomic mass is 10.1. The molecule has 0 spiro atoms. The van der Waals surface area contributed by atoms with Crippen LogP contribution < -0.4 is 4.90 Å². The van der Waals surface area contributed by atoms with E-state index in [1.807, 2.05) is 42.5 Å². The zero-order valence-corrected chi connectivity index (χ0v) is 11.2. The molecular formula is C16H15NO3. The monoisotopic (exact) mass is 269 g/mol. The molecule has 4 heteroatoms. The predicted molar refractivity (Wildman–Crippen MR) is 76.4 cm³/mol. The quantitative estimate of drug-likeness (QED) is 0.786. The Kier molecular flexibility index (Phi) is 3.14. The maximum Gasteiger partial charge on any atom is 0.311 e. The number of hydrogen-bond acceptors (Lipinski definition) is 3. The molecule has 0 N–H and O–H groups in total. The number of amides is 1. The SMILES string of the molecule is COC(=O)C1CC(=O)N(c2ccc3ccccc3c2)C1. The van der Waals surface area contributed by atoms with Crippen molar-refractivity contribution in [1.82, 2.24) is 0 Å². The lowest BCUT2D eigenvalue weighted by molar-refractivity contribution is -0.145. The van der Waals surface area contributed by atoms with E-state index in [4.69, 9.17) is 4.74 Å². The van der Waals surface area contributed by atoms with Crippen molar-refractivity contribution in [2.75, 3.05) is 18.6 Å². The Labute approximate surface area is 116 Å². The first-order chi connectivity index (χ1) is 9.69. The fraction of sp³-hybridized carbons (Fsp3) is 0.250. The summed E-state index contributed by atoms with van der Waals surface area (Å²) in [5.74, 6) is -0.712. The highest BCUT2D eigenvalue weighted by Gasteiger charge is 2.35. The van der Waals surface area contributed by atoms with Gasteiger partial charge in [-0.25, -0.2) is 0 Å². The topological polar surface area (TPSA) is 46.6 Å². The number of rotatable bonds is 2. The van der Waals surface area contributed by atoms with E-state index in [1.54, 1.807) is 4.90 Å².